The summed E-state index contributed by atoms with van der Waals surface area (Å²) in [5, 5.41) is 5.77. The molecule has 8 nitrogen and oxygen atoms in total. The molecule has 4 rings (SSSR count). The lowest BCUT2D eigenvalue weighted by Gasteiger charge is -2.22. The van der Waals surface area contributed by atoms with Crippen LogP contribution in [-0.4, -0.2) is 47.1 Å². The van der Waals surface area contributed by atoms with Gasteiger partial charge in [0, 0.05) is 37.7 Å². The van der Waals surface area contributed by atoms with Crippen molar-refractivity contribution in [2.45, 2.75) is 19.4 Å². The third-order valence-corrected chi connectivity index (χ3v) is 5.55. The molecule has 1 saturated heterocycles. The van der Waals surface area contributed by atoms with Gasteiger partial charge < -0.3 is 10.1 Å². The highest BCUT2D eigenvalue weighted by atomic mass is 19.1. The Morgan fingerprint density at radius 1 is 1.31 bits per heavy atom. The van der Waals surface area contributed by atoms with Crippen molar-refractivity contribution < 1.29 is 13.9 Å². The summed E-state index contributed by atoms with van der Waals surface area (Å²) in [7, 11) is 0. The Morgan fingerprint density at radius 3 is 2.81 bits per heavy atom. The lowest BCUT2D eigenvalue weighted by atomic mass is 10.0. The molecule has 0 spiro atoms. The molecule has 1 aliphatic heterocycles. The number of carbonyl (C=O) groups is 1. The lowest BCUT2D eigenvalue weighted by Crippen LogP contribution is -2.32. The molecule has 0 aliphatic carbocycles. The quantitative estimate of drug-likeness (QED) is 0.555. The number of aromatic amines is 1. The van der Waals surface area contributed by atoms with E-state index in [2.05, 4.69) is 27.1 Å². The summed E-state index contributed by atoms with van der Waals surface area (Å²) in [5.74, 6) is 0.0916. The Bertz CT molecular complexity index is 1160. The van der Waals surface area contributed by atoms with Gasteiger partial charge in [0.1, 0.15) is 5.82 Å². The van der Waals surface area contributed by atoms with Crippen molar-refractivity contribution in [3.8, 4) is 16.9 Å². The van der Waals surface area contributed by atoms with E-state index in [0.717, 1.165) is 26.1 Å². The first-order chi connectivity index (χ1) is 15.6. The third-order valence-electron chi connectivity index (χ3n) is 5.55. The minimum absolute atomic E-state index is 0.169. The molecular formula is C23H24FN5O3. The summed E-state index contributed by atoms with van der Waals surface area (Å²) in [5.41, 5.74) is 1.20. The normalized spacial score (nSPS) is 14.3. The Labute approximate surface area is 184 Å². The Morgan fingerprint density at radius 2 is 2.12 bits per heavy atom. The molecule has 0 atom stereocenters. The average molecular weight is 437 g/mol. The van der Waals surface area contributed by atoms with E-state index in [-0.39, 0.29) is 18.0 Å². The first-order valence-corrected chi connectivity index (χ1v) is 10.4. The van der Waals surface area contributed by atoms with Crippen LogP contribution in [0, 0.1) is 11.7 Å². The number of rotatable bonds is 7. The van der Waals surface area contributed by atoms with Crippen molar-refractivity contribution in [1.82, 2.24) is 20.1 Å². The fraction of sp³-hybridized carbons (Fsp3) is 0.304. The number of aromatic nitrogens is 3. The highest BCUT2D eigenvalue weighted by molar-refractivity contribution is 5.93. The van der Waals surface area contributed by atoms with E-state index in [1.165, 1.54) is 23.1 Å². The minimum Gasteiger partial charge on any atom is -0.381 e. The van der Waals surface area contributed by atoms with Crippen LogP contribution in [0.15, 0.2) is 52.5 Å². The van der Waals surface area contributed by atoms with Crippen LogP contribution in [0.4, 0.5) is 4.39 Å². The molecule has 2 aromatic heterocycles. The van der Waals surface area contributed by atoms with E-state index < -0.39 is 5.82 Å². The number of nitrogens with zero attached hydrogens (tertiary/aromatic N) is 3. The van der Waals surface area contributed by atoms with Gasteiger partial charge in [-0.2, -0.15) is 0 Å². The zero-order valence-electron chi connectivity index (χ0n) is 17.5. The van der Waals surface area contributed by atoms with E-state index in [1.54, 1.807) is 24.3 Å². The summed E-state index contributed by atoms with van der Waals surface area (Å²) in [4.78, 5) is 33.2. The van der Waals surface area contributed by atoms with Crippen LogP contribution in [0.3, 0.4) is 0 Å². The van der Waals surface area contributed by atoms with Gasteiger partial charge in [-0.3, -0.25) is 19.7 Å². The molecule has 1 aromatic carbocycles. The van der Waals surface area contributed by atoms with Crippen molar-refractivity contribution in [3.05, 3.63) is 70.0 Å². The van der Waals surface area contributed by atoms with E-state index >= 15 is 0 Å². The topological polar surface area (TPSA) is 101 Å². The maximum Gasteiger partial charge on any atom is 0.280 e. The predicted molar refractivity (Wildman–Crippen MR) is 119 cm³/mol. The fourth-order valence-electron chi connectivity index (χ4n) is 3.65. The van der Waals surface area contributed by atoms with Gasteiger partial charge in [0.05, 0.1) is 17.7 Å². The maximum atomic E-state index is 14.2. The van der Waals surface area contributed by atoms with Crippen LogP contribution in [0.5, 0.6) is 0 Å². The first kappa shape index (κ1) is 21.6. The van der Waals surface area contributed by atoms with Crippen LogP contribution in [-0.2, 0) is 11.3 Å². The molecule has 9 heteroatoms. The van der Waals surface area contributed by atoms with Gasteiger partial charge in [-0.05, 0) is 49.2 Å². The monoisotopic (exact) mass is 437 g/mol. The molecule has 2 N–H and O–H groups in total. The molecule has 0 radical (unpaired) electrons. The first-order valence-electron chi connectivity index (χ1n) is 10.4. The molecule has 1 amide bonds. The summed E-state index contributed by atoms with van der Waals surface area (Å²) in [6.07, 6.45) is 4.80. The minimum atomic E-state index is -0.448. The largest absolute Gasteiger partial charge is 0.381 e. The number of hydrogen-bond donors (Lipinski definition) is 2. The second-order valence-electron chi connectivity index (χ2n) is 7.69. The maximum absolute atomic E-state index is 14.2. The van der Waals surface area contributed by atoms with Crippen molar-refractivity contribution >= 4 is 12.6 Å². The number of hydrogen-bond acceptors (Lipinski definition) is 5. The zero-order chi connectivity index (χ0) is 22.5. The summed E-state index contributed by atoms with van der Waals surface area (Å²) in [6, 6.07) is 7.75. The SMILES string of the molecule is C=NCc1ccc(-c2c[nH]n(-c3ccc(C(=O)NCC4CCOCC4)cn3)c2=O)cc1F. The van der Waals surface area contributed by atoms with Gasteiger partial charge in [0.2, 0.25) is 0 Å². The molecule has 3 aromatic rings. The van der Waals surface area contributed by atoms with E-state index in [0.29, 0.717) is 40.5 Å². The number of aliphatic imine (C=N–C) groups is 1. The summed E-state index contributed by atoms with van der Waals surface area (Å²) >= 11 is 0. The van der Waals surface area contributed by atoms with Gasteiger partial charge in [0.25, 0.3) is 11.5 Å². The number of carbonyl (C=O) groups excluding carboxylic acids is 1. The second kappa shape index (κ2) is 9.69. The van der Waals surface area contributed by atoms with Crippen molar-refractivity contribution in [1.29, 1.82) is 0 Å². The van der Waals surface area contributed by atoms with Gasteiger partial charge in [-0.15, -0.1) is 0 Å². The number of H-pyrrole nitrogens is 1. The highest BCUT2D eigenvalue weighted by Crippen LogP contribution is 2.20. The van der Waals surface area contributed by atoms with E-state index in [4.69, 9.17) is 4.74 Å². The molecular weight excluding hydrogens is 413 g/mol. The molecule has 0 bridgehead atoms. The Kier molecular flexibility index (Phi) is 6.55. The molecule has 0 saturated carbocycles. The second-order valence-corrected chi connectivity index (χ2v) is 7.69. The van der Waals surface area contributed by atoms with E-state index in [9.17, 15) is 14.0 Å². The van der Waals surface area contributed by atoms with Crippen LogP contribution in [0.1, 0.15) is 28.8 Å². The summed E-state index contributed by atoms with van der Waals surface area (Å²) < 4.78 is 20.8. The predicted octanol–water partition coefficient (Wildman–Crippen LogP) is 2.72. The van der Waals surface area contributed by atoms with Gasteiger partial charge in [-0.1, -0.05) is 12.1 Å². The Balaban J connectivity index is 1.47. The van der Waals surface area contributed by atoms with Crippen LogP contribution in [0.2, 0.25) is 0 Å². The number of amides is 1. The number of halogens is 1. The lowest BCUT2D eigenvalue weighted by molar-refractivity contribution is 0.0642. The number of nitrogens with one attached hydrogen (secondary N) is 2. The van der Waals surface area contributed by atoms with Gasteiger partial charge >= 0.3 is 0 Å². The highest BCUT2D eigenvalue weighted by Gasteiger charge is 2.16. The van der Waals surface area contributed by atoms with Gasteiger partial charge in [0.15, 0.2) is 5.82 Å². The zero-order valence-corrected chi connectivity index (χ0v) is 17.5. The number of pyridine rings is 1. The van der Waals surface area contributed by atoms with Crippen molar-refractivity contribution in [3.63, 3.8) is 0 Å². The molecule has 32 heavy (non-hydrogen) atoms. The molecule has 166 valence electrons. The number of benzene rings is 1. The van der Waals surface area contributed by atoms with Crippen molar-refractivity contribution in [2.24, 2.45) is 10.9 Å². The van der Waals surface area contributed by atoms with Crippen LogP contribution < -0.4 is 10.9 Å². The average Bonchev–Trinajstić information content (AvgIpc) is 3.21. The van der Waals surface area contributed by atoms with Crippen LogP contribution in [0.25, 0.3) is 16.9 Å². The van der Waals surface area contributed by atoms with Crippen molar-refractivity contribution in [2.75, 3.05) is 19.8 Å². The van der Waals surface area contributed by atoms with Crippen LogP contribution >= 0.6 is 0 Å². The Hall–Kier alpha value is -3.59. The molecule has 1 aliphatic rings. The molecule has 3 heterocycles. The smallest absolute Gasteiger partial charge is 0.280 e. The van der Waals surface area contributed by atoms with Gasteiger partial charge in [-0.25, -0.2) is 14.1 Å². The summed E-state index contributed by atoms with van der Waals surface area (Å²) in [6.45, 7) is 5.59. The van der Waals surface area contributed by atoms with E-state index in [1.807, 2.05) is 0 Å². The third kappa shape index (κ3) is 4.67. The fourth-order valence-corrected chi connectivity index (χ4v) is 3.65. The standard InChI is InChI=1S/C23H24FN5O3/c1-25-12-17-3-2-16(10-20(17)24)19-14-28-29(23(19)31)21-5-4-18(13-26-21)22(30)27-11-15-6-8-32-9-7-15/h2-5,10,13-15,28H,1,6-9,11-12H2,(H,27,30). The number of ether oxygens (including phenoxy) is 1. The molecule has 1 fully saturated rings. The molecule has 0 unspecified atom stereocenters.